The Bertz CT molecular complexity index is 441. The summed E-state index contributed by atoms with van der Waals surface area (Å²) in [6, 6.07) is -0.227. The maximum atomic E-state index is 12.1. The molecule has 132 valence electrons. The fourth-order valence-electron chi connectivity index (χ4n) is 3.30. The Kier molecular flexibility index (Phi) is 5.52. The minimum Gasteiger partial charge on any atom is -0.480 e. The molecule has 1 amide bonds. The molecule has 0 saturated carbocycles. The fourth-order valence-corrected chi connectivity index (χ4v) is 3.30. The highest BCUT2D eigenvalue weighted by Gasteiger charge is 2.37. The van der Waals surface area contributed by atoms with Crippen LogP contribution in [0, 0.1) is 0 Å². The molecule has 0 spiro atoms. The molecule has 1 N–H and O–H groups in total. The van der Waals surface area contributed by atoms with Crippen molar-refractivity contribution in [2.45, 2.75) is 51.3 Å². The number of likely N-dealkylation sites (tertiary alicyclic amines) is 1. The van der Waals surface area contributed by atoms with Crippen molar-refractivity contribution < 1.29 is 19.4 Å². The zero-order valence-corrected chi connectivity index (χ0v) is 14.6. The van der Waals surface area contributed by atoms with Crippen LogP contribution in [0.3, 0.4) is 0 Å². The number of carboxylic acids is 1. The van der Waals surface area contributed by atoms with Gasteiger partial charge in [-0.05, 0) is 40.7 Å². The van der Waals surface area contributed by atoms with E-state index in [1.165, 1.54) is 0 Å². The number of piperidine rings is 1. The van der Waals surface area contributed by atoms with Gasteiger partial charge in [-0.1, -0.05) is 0 Å². The Morgan fingerprint density at radius 2 is 1.70 bits per heavy atom. The third kappa shape index (κ3) is 4.81. The van der Waals surface area contributed by atoms with Crippen molar-refractivity contribution in [3.63, 3.8) is 0 Å². The van der Waals surface area contributed by atoms with Gasteiger partial charge in [-0.2, -0.15) is 0 Å². The van der Waals surface area contributed by atoms with E-state index < -0.39 is 17.6 Å². The number of hydrogen-bond acceptors (Lipinski definition) is 5. The molecular formula is C16H29N3O4. The maximum Gasteiger partial charge on any atom is 0.410 e. The van der Waals surface area contributed by atoms with Crippen LogP contribution in [0.15, 0.2) is 0 Å². The zero-order valence-electron chi connectivity index (χ0n) is 14.6. The summed E-state index contributed by atoms with van der Waals surface area (Å²) in [5.74, 6) is -0.758. The molecule has 1 atom stereocenters. The number of carbonyl (C=O) groups is 2. The topological polar surface area (TPSA) is 73.3 Å². The molecular weight excluding hydrogens is 298 g/mol. The van der Waals surface area contributed by atoms with Gasteiger partial charge in [0.15, 0.2) is 0 Å². The number of rotatable bonds is 2. The van der Waals surface area contributed by atoms with Crippen molar-refractivity contribution in [2.75, 3.05) is 39.8 Å². The molecule has 2 aliphatic rings. The monoisotopic (exact) mass is 327 g/mol. The summed E-state index contributed by atoms with van der Waals surface area (Å²) in [7, 11) is 1.96. The van der Waals surface area contributed by atoms with Gasteiger partial charge in [0.25, 0.3) is 0 Å². The van der Waals surface area contributed by atoms with E-state index in [0.29, 0.717) is 19.6 Å². The number of piperazine rings is 1. The van der Waals surface area contributed by atoms with Crippen LogP contribution in [0.1, 0.15) is 33.6 Å². The summed E-state index contributed by atoms with van der Waals surface area (Å²) >= 11 is 0. The van der Waals surface area contributed by atoms with Crippen molar-refractivity contribution >= 4 is 12.1 Å². The predicted molar refractivity (Wildman–Crippen MR) is 86.5 cm³/mol. The van der Waals surface area contributed by atoms with E-state index in [-0.39, 0.29) is 12.1 Å². The first-order valence-electron chi connectivity index (χ1n) is 8.32. The van der Waals surface area contributed by atoms with Crippen LogP contribution >= 0.6 is 0 Å². The Morgan fingerprint density at radius 1 is 1.09 bits per heavy atom. The van der Waals surface area contributed by atoms with Crippen molar-refractivity contribution in [1.82, 2.24) is 14.7 Å². The molecule has 0 aliphatic carbocycles. The minimum atomic E-state index is -0.758. The number of nitrogens with zero attached hydrogens (tertiary/aromatic N) is 3. The lowest BCUT2D eigenvalue weighted by Gasteiger charge is -2.45. The molecule has 2 saturated heterocycles. The number of likely N-dealkylation sites (N-methyl/N-ethyl adjacent to an activating group) is 1. The third-order valence-corrected chi connectivity index (χ3v) is 4.50. The maximum absolute atomic E-state index is 12.1. The smallest absolute Gasteiger partial charge is 0.410 e. The summed E-state index contributed by atoms with van der Waals surface area (Å²) < 4.78 is 5.40. The van der Waals surface area contributed by atoms with Gasteiger partial charge in [0.2, 0.25) is 0 Å². The van der Waals surface area contributed by atoms with Crippen LogP contribution < -0.4 is 0 Å². The second-order valence-electron chi connectivity index (χ2n) is 7.55. The molecule has 23 heavy (non-hydrogen) atoms. The molecule has 1 unspecified atom stereocenters. The molecule has 0 radical (unpaired) electrons. The highest BCUT2D eigenvalue weighted by atomic mass is 16.6. The first-order chi connectivity index (χ1) is 10.7. The highest BCUT2D eigenvalue weighted by molar-refractivity contribution is 5.74. The number of aliphatic carboxylic acids is 1. The quantitative estimate of drug-likeness (QED) is 0.818. The van der Waals surface area contributed by atoms with Gasteiger partial charge in [-0.15, -0.1) is 0 Å². The molecule has 2 heterocycles. The van der Waals surface area contributed by atoms with E-state index in [2.05, 4.69) is 9.80 Å². The first kappa shape index (κ1) is 18.0. The van der Waals surface area contributed by atoms with Gasteiger partial charge in [-0.25, -0.2) is 4.79 Å². The second-order valence-corrected chi connectivity index (χ2v) is 7.55. The molecule has 2 rings (SSSR count). The summed E-state index contributed by atoms with van der Waals surface area (Å²) in [6.07, 6.45) is 1.32. The van der Waals surface area contributed by atoms with Crippen molar-refractivity contribution in [3.8, 4) is 0 Å². The van der Waals surface area contributed by atoms with E-state index in [0.717, 1.165) is 25.9 Å². The fraction of sp³-hybridized carbons (Fsp3) is 0.875. The SMILES string of the molecule is CN1CCN(C2CCN(C(=O)OC(C)(C)C)CC2)C(C(=O)O)C1. The summed E-state index contributed by atoms with van der Waals surface area (Å²) in [4.78, 5) is 29.5. The van der Waals surface area contributed by atoms with Gasteiger partial charge in [0.05, 0.1) is 0 Å². The number of ether oxygens (including phenoxy) is 1. The first-order valence-corrected chi connectivity index (χ1v) is 8.32. The number of amides is 1. The molecule has 0 aromatic heterocycles. The summed E-state index contributed by atoms with van der Waals surface area (Å²) in [6.45, 7) is 9.04. The summed E-state index contributed by atoms with van der Waals surface area (Å²) in [5, 5.41) is 9.47. The zero-order chi connectivity index (χ0) is 17.2. The number of hydrogen-bond donors (Lipinski definition) is 1. The van der Waals surface area contributed by atoms with Crippen molar-refractivity contribution in [1.29, 1.82) is 0 Å². The van der Waals surface area contributed by atoms with Crippen LogP contribution in [0.5, 0.6) is 0 Å². The molecule has 7 nitrogen and oxygen atoms in total. The lowest BCUT2D eigenvalue weighted by atomic mass is 9.99. The molecule has 0 bridgehead atoms. The van der Waals surface area contributed by atoms with E-state index in [9.17, 15) is 14.7 Å². The van der Waals surface area contributed by atoms with E-state index in [1.807, 2.05) is 27.8 Å². The van der Waals surface area contributed by atoms with Gasteiger partial charge in [0, 0.05) is 38.8 Å². The van der Waals surface area contributed by atoms with Gasteiger partial charge >= 0.3 is 12.1 Å². The molecule has 0 aromatic rings. The average Bonchev–Trinajstić information content (AvgIpc) is 2.45. The number of carboxylic acid groups (broad SMARTS) is 1. The lowest BCUT2D eigenvalue weighted by Crippen LogP contribution is -2.60. The number of carbonyl (C=O) groups excluding carboxylic acids is 1. The van der Waals surface area contributed by atoms with Crippen molar-refractivity contribution in [2.24, 2.45) is 0 Å². The van der Waals surface area contributed by atoms with E-state index in [1.54, 1.807) is 4.90 Å². The van der Waals surface area contributed by atoms with Crippen LogP contribution in [-0.2, 0) is 9.53 Å². The van der Waals surface area contributed by atoms with Crippen LogP contribution in [-0.4, -0.2) is 89.3 Å². The normalized spacial score (nSPS) is 25.4. The summed E-state index contributed by atoms with van der Waals surface area (Å²) in [5.41, 5.74) is -0.486. The van der Waals surface area contributed by atoms with Crippen molar-refractivity contribution in [3.05, 3.63) is 0 Å². The largest absolute Gasteiger partial charge is 0.480 e. The second kappa shape index (κ2) is 7.05. The molecule has 0 aromatic carbocycles. The Hall–Kier alpha value is -1.34. The van der Waals surface area contributed by atoms with Crippen LogP contribution in [0.25, 0.3) is 0 Å². The van der Waals surface area contributed by atoms with Gasteiger partial charge in [-0.3, -0.25) is 9.69 Å². The average molecular weight is 327 g/mol. The lowest BCUT2D eigenvalue weighted by molar-refractivity contribution is -0.147. The van der Waals surface area contributed by atoms with E-state index in [4.69, 9.17) is 4.74 Å². The minimum absolute atomic E-state index is 0.225. The van der Waals surface area contributed by atoms with Gasteiger partial charge < -0.3 is 19.6 Å². The standard InChI is InChI=1S/C16H29N3O4/c1-16(2,3)23-15(22)18-7-5-12(6-8-18)19-10-9-17(4)11-13(19)14(20)21/h12-13H,5-11H2,1-4H3,(H,20,21). The Labute approximate surface area is 138 Å². The van der Waals surface area contributed by atoms with E-state index >= 15 is 0 Å². The molecule has 2 aliphatic heterocycles. The molecule has 7 heteroatoms. The predicted octanol–water partition coefficient (Wildman–Crippen LogP) is 1.09. The molecule has 2 fully saturated rings. The van der Waals surface area contributed by atoms with Crippen LogP contribution in [0.4, 0.5) is 4.79 Å². The van der Waals surface area contributed by atoms with Gasteiger partial charge in [0.1, 0.15) is 11.6 Å². The third-order valence-electron chi connectivity index (χ3n) is 4.50. The van der Waals surface area contributed by atoms with Crippen LogP contribution in [0.2, 0.25) is 0 Å². The Morgan fingerprint density at radius 3 is 2.22 bits per heavy atom. The highest BCUT2D eigenvalue weighted by Crippen LogP contribution is 2.23. The Balaban J connectivity index is 1.90.